The van der Waals surface area contributed by atoms with E-state index in [0.29, 0.717) is 25.2 Å². The van der Waals surface area contributed by atoms with Crippen molar-refractivity contribution in [3.63, 3.8) is 0 Å². The molecule has 0 saturated carbocycles. The summed E-state index contributed by atoms with van der Waals surface area (Å²) in [6, 6.07) is 17.4. The normalized spacial score (nSPS) is 18.8. The van der Waals surface area contributed by atoms with Crippen LogP contribution < -0.4 is 16.0 Å². The van der Waals surface area contributed by atoms with Crippen molar-refractivity contribution in [1.82, 2.24) is 20.9 Å². The van der Waals surface area contributed by atoms with Crippen molar-refractivity contribution in [1.29, 1.82) is 0 Å². The Morgan fingerprint density at radius 1 is 1.12 bits per heavy atom. The summed E-state index contributed by atoms with van der Waals surface area (Å²) in [4.78, 5) is 19.2. The van der Waals surface area contributed by atoms with Gasteiger partial charge in [0.15, 0.2) is 5.96 Å². The van der Waals surface area contributed by atoms with Gasteiger partial charge in [0, 0.05) is 38.3 Å². The minimum atomic E-state index is -0.517. The summed E-state index contributed by atoms with van der Waals surface area (Å²) in [5.74, 6) is -0.187. The molecule has 8 heteroatoms. The van der Waals surface area contributed by atoms with Gasteiger partial charge in [-0.25, -0.2) is 4.39 Å². The van der Waals surface area contributed by atoms with Crippen molar-refractivity contribution in [2.45, 2.75) is 45.3 Å². The van der Waals surface area contributed by atoms with Crippen molar-refractivity contribution in [3.05, 3.63) is 71.5 Å². The lowest BCUT2D eigenvalue weighted by Crippen LogP contribution is -2.51. The van der Waals surface area contributed by atoms with Gasteiger partial charge in [0.1, 0.15) is 5.82 Å². The van der Waals surface area contributed by atoms with E-state index < -0.39 is 11.7 Å². The molecule has 33 heavy (non-hydrogen) atoms. The first kappa shape index (κ1) is 27.0. The van der Waals surface area contributed by atoms with Crippen LogP contribution in [-0.2, 0) is 6.54 Å². The highest BCUT2D eigenvalue weighted by molar-refractivity contribution is 14.0. The Hall–Kier alpha value is -2.20. The molecule has 1 fully saturated rings. The average molecular weight is 567 g/mol. The fourth-order valence-corrected chi connectivity index (χ4v) is 4.00. The molecule has 0 spiro atoms. The number of amides is 1. The van der Waals surface area contributed by atoms with Gasteiger partial charge in [0.25, 0.3) is 5.91 Å². The fourth-order valence-electron chi connectivity index (χ4n) is 4.00. The SMILES string of the molecule is CCNC(=NCCNC(=O)c1ccccc1F)NC1CCN(Cc2ccccc2)C(C)C1.I. The van der Waals surface area contributed by atoms with Crippen molar-refractivity contribution in [3.8, 4) is 0 Å². The zero-order chi connectivity index (χ0) is 22.8. The third kappa shape index (κ3) is 8.58. The number of guanidine groups is 1. The molecule has 6 nitrogen and oxygen atoms in total. The Bertz CT molecular complexity index is 895. The number of benzene rings is 2. The highest BCUT2D eigenvalue weighted by atomic mass is 127. The maximum absolute atomic E-state index is 13.7. The van der Waals surface area contributed by atoms with Gasteiger partial charge in [0.2, 0.25) is 0 Å². The first-order valence-electron chi connectivity index (χ1n) is 11.4. The van der Waals surface area contributed by atoms with Gasteiger partial charge in [-0.1, -0.05) is 42.5 Å². The Morgan fingerprint density at radius 3 is 2.55 bits per heavy atom. The molecule has 1 amide bonds. The van der Waals surface area contributed by atoms with Crippen molar-refractivity contribution >= 4 is 35.8 Å². The maximum Gasteiger partial charge on any atom is 0.254 e. The van der Waals surface area contributed by atoms with E-state index in [2.05, 4.69) is 63.1 Å². The number of nitrogens with zero attached hydrogens (tertiary/aromatic N) is 2. The van der Waals surface area contributed by atoms with E-state index >= 15 is 0 Å². The van der Waals surface area contributed by atoms with E-state index in [1.807, 2.05) is 6.92 Å². The molecular weight excluding hydrogens is 532 g/mol. The summed E-state index contributed by atoms with van der Waals surface area (Å²) in [7, 11) is 0. The van der Waals surface area contributed by atoms with Crippen molar-refractivity contribution in [2.24, 2.45) is 4.99 Å². The summed E-state index contributed by atoms with van der Waals surface area (Å²) >= 11 is 0. The second kappa shape index (κ2) is 14.1. The maximum atomic E-state index is 13.7. The predicted octanol–water partition coefficient (Wildman–Crippen LogP) is 3.78. The number of piperidine rings is 1. The van der Waals surface area contributed by atoms with Crippen LogP contribution in [-0.4, -0.2) is 55.0 Å². The van der Waals surface area contributed by atoms with E-state index in [1.165, 1.54) is 17.7 Å². The molecule has 1 aliphatic rings. The molecule has 0 bridgehead atoms. The second-order valence-corrected chi connectivity index (χ2v) is 8.17. The lowest BCUT2D eigenvalue weighted by Gasteiger charge is -2.38. The van der Waals surface area contributed by atoms with Crippen LogP contribution in [0.3, 0.4) is 0 Å². The van der Waals surface area contributed by atoms with Crippen LogP contribution >= 0.6 is 24.0 Å². The Kier molecular flexibility index (Phi) is 11.6. The van der Waals surface area contributed by atoms with Gasteiger partial charge >= 0.3 is 0 Å². The molecular formula is C25H35FIN5O. The molecule has 0 radical (unpaired) electrons. The van der Waals surface area contributed by atoms with Gasteiger partial charge in [-0.2, -0.15) is 0 Å². The van der Waals surface area contributed by atoms with Crippen LogP contribution in [0.4, 0.5) is 4.39 Å². The third-order valence-corrected chi connectivity index (χ3v) is 5.71. The molecule has 3 rings (SSSR count). The molecule has 3 N–H and O–H groups in total. The number of aliphatic imine (C=N–C) groups is 1. The highest BCUT2D eigenvalue weighted by Crippen LogP contribution is 2.19. The Balaban J connectivity index is 0.00000385. The first-order chi connectivity index (χ1) is 15.6. The summed E-state index contributed by atoms with van der Waals surface area (Å²) < 4.78 is 13.7. The first-order valence-corrected chi connectivity index (χ1v) is 11.4. The molecule has 1 aliphatic heterocycles. The second-order valence-electron chi connectivity index (χ2n) is 8.17. The molecule has 1 saturated heterocycles. The van der Waals surface area contributed by atoms with Crippen LogP contribution in [0.5, 0.6) is 0 Å². The number of rotatable bonds is 8. The minimum Gasteiger partial charge on any atom is -0.357 e. The van der Waals surface area contributed by atoms with Gasteiger partial charge in [0.05, 0.1) is 12.1 Å². The number of likely N-dealkylation sites (tertiary alicyclic amines) is 1. The molecule has 0 aliphatic carbocycles. The van der Waals surface area contributed by atoms with Crippen molar-refractivity contribution < 1.29 is 9.18 Å². The molecule has 2 atom stereocenters. The van der Waals surface area contributed by atoms with Crippen LogP contribution in [0.2, 0.25) is 0 Å². The summed E-state index contributed by atoms with van der Waals surface area (Å²) in [5, 5.41) is 9.55. The van der Waals surface area contributed by atoms with Crippen LogP contribution in [0.25, 0.3) is 0 Å². The number of carbonyl (C=O) groups is 1. The third-order valence-electron chi connectivity index (χ3n) is 5.71. The summed E-state index contributed by atoms with van der Waals surface area (Å²) in [5.41, 5.74) is 1.40. The topological polar surface area (TPSA) is 68.8 Å². The lowest BCUT2D eigenvalue weighted by molar-refractivity contribution is 0.0950. The van der Waals surface area contributed by atoms with E-state index in [-0.39, 0.29) is 29.5 Å². The van der Waals surface area contributed by atoms with Crippen molar-refractivity contribution in [2.75, 3.05) is 26.2 Å². The van der Waals surface area contributed by atoms with E-state index in [1.54, 1.807) is 12.1 Å². The average Bonchev–Trinajstić information content (AvgIpc) is 2.79. The number of halogens is 2. The van der Waals surface area contributed by atoms with Crippen LogP contribution in [0.15, 0.2) is 59.6 Å². The summed E-state index contributed by atoms with van der Waals surface area (Å²) in [6.45, 7) is 7.83. The largest absolute Gasteiger partial charge is 0.357 e. The van der Waals surface area contributed by atoms with E-state index in [9.17, 15) is 9.18 Å². The molecule has 180 valence electrons. The molecule has 2 aromatic carbocycles. The monoisotopic (exact) mass is 567 g/mol. The number of hydrogen-bond donors (Lipinski definition) is 3. The predicted molar refractivity (Wildman–Crippen MR) is 143 cm³/mol. The Morgan fingerprint density at radius 2 is 1.85 bits per heavy atom. The van der Waals surface area contributed by atoms with Gasteiger partial charge in [-0.05, 0) is 44.4 Å². The smallest absolute Gasteiger partial charge is 0.254 e. The fraction of sp³-hybridized carbons (Fsp3) is 0.440. The van der Waals surface area contributed by atoms with Crippen LogP contribution in [0, 0.1) is 5.82 Å². The van der Waals surface area contributed by atoms with Gasteiger partial charge in [-0.15, -0.1) is 24.0 Å². The number of carbonyl (C=O) groups excluding carboxylic acids is 1. The van der Waals surface area contributed by atoms with E-state index in [0.717, 1.165) is 38.4 Å². The van der Waals surface area contributed by atoms with Gasteiger partial charge in [-0.3, -0.25) is 14.7 Å². The molecule has 1 heterocycles. The zero-order valence-electron chi connectivity index (χ0n) is 19.4. The molecule has 0 aromatic heterocycles. The quantitative estimate of drug-likeness (QED) is 0.197. The summed E-state index contributed by atoms with van der Waals surface area (Å²) in [6.07, 6.45) is 2.09. The number of nitrogens with one attached hydrogen (secondary N) is 3. The molecule has 2 unspecified atom stereocenters. The Labute approximate surface area is 213 Å². The minimum absolute atomic E-state index is 0. The highest BCUT2D eigenvalue weighted by Gasteiger charge is 2.26. The van der Waals surface area contributed by atoms with Crippen LogP contribution in [0.1, 0.15) is 42.6 Å². The lowest BCUT2D eigenvalue weighted by atomic mass is 9.97. The standard InChI is InChI=1S/C25H34FN5O.HI/c1-3-27-25(29-15-14-28-24(32)22-11-7-8-12-23(22)26)30-21-13-16-31(19(2)17-21)18-20-9-5-4-6-10-20;/h4-12,19,21H,3,13-18H2,1-2H3,(H,28,32)(H2,27,29,30);1H. The van der Waals surface area contributed by atoms with E-state index in [4.69, 9.17) is 0 Å². The molecule has 2 aromatic rings. The number of hydrogen-bond acceptors (Lipinski definition) is 3. The zero-order valence-corrected chi connectivity index (χ0v) is 21.7. The van der Waals surface area contributed by atoms with Gasteiger partial charge < -0.3 is 16.0 Å².